The van der Waals surface area contributed by atoms with E-state index in [4.69, 9.17) is 4.74 Å². The van der Waals surface area contributed by atoms with Crippen molar-refractivity contribution in [1.29, 1.82) is 0 Å². The summed E-state index contributed by atoms with van der Waals surface area (Å²) in [4.78, 5) is 23.0. The van der Waals surface area contributed by atoms with Crippen LogP contribution in [0.3, 0.4) is 0 Å². The zero-order valence-electron chi connectivity index (χ0n) is 15.1. The Morgan fingerprint density at radius 1 is 1.28 bits per heavy atom. The predicted molar refractivity (Wildman–Crippen MR) is 96.5 cm³/mol. The third kappa shape index (κ3) is 4.23. The summed E-state index contributed by atoms with van der Waals surface area (Å²) >= 11 is 0. The molecule has 132 valence electrons. The van der Waals surface area contributed by atoms with Gasteiger partial charge < -0.3 is 9.64 Å². The van der Waals surface area contributed by atoms with Crippen molar-refractivity contribution in [1.82, 2.24) is 14.9 Å². The first-order valence-electron chi connectivity index (χ1n) is 8.73. The summed E-state index contributed by atoms with van der Waals surface area (Å²) in [5, 5.41) is 0. The quantitative estimate of drug-likeness (QED) is 0.859. The Morgan fingerprint density at radius 3 is 2.80 bits per heavy atom. The molecule has 2 heterocycles. The van der Waals surface area contributed by atoms with E-state index in [9.17, 15) is 4.79 Å². The molecule has 1 amide bonds. The standard InChI is InChI=1S/C20H25N3O2/c1-14-5-4-6-16(9-14)10-17-13-23(8-7-19(17)25-3)20(24)18-12-21-15(2)11-22-18/h4-6,9,11-12,17,19H,7-8,10,13H2,1-3H3/t17-,19-/m1/s1. The molecule has 1 aromatic heterocycles. The monoisotopic (exact) mass is 339 g/mol. The van der Waals surface area contributed by atoms with Gasteiger partial charge in [0, 0.05) is 32.3 Å². The van der Waals surface area contributed by atoms with Crippen LogP contribution in [0.2, 0.25) is 0 Å². The Labute approximate surface area is 149 Å². The zero-order chi connectivity index (χ0) is 17.8. The van der Waals surface area contributed by atoms with Crippen molar-refractivity contribution >= 4 is 5.91 Å². The average molecular weight is 339 g/mol. The number of aryl methyl sites for hydroxylation is 2. The number of hydrogen-bond acceptors (Lipinski definition) is 4. The molecule has 1 aliphatic heterocycles. The molecule has 0 unspecified atom stereocenters. The van der Waals surface area contributed by atoms with Gasteiger partial charge in [0.05, 0.1) is 18.0 Å². The molecule has 0 saturated carbocycles. The van der Waals surface area contributed by atoms with Gasteiger partial charge in [-0.2, -0.15) is 0 Å². The summed E-state index contributed by atoms with van der Waals surface area (Å²) in [6, 6.07) is 8.54. The lowest BCUT2D eigenvalue weighted by Gasteiger charge is -2.38. The predicted octanol–water partition coefficient (Wildman–Crippen LogP) is 2.81. The summed E-state index contributed by atoms with van der Waals surface area (Å²) < 4.78 is 5.69. The van der Waals surface area contributed by atoms with Crippen molar-refractivity contribution in [3.8, 4) is 0 Å². The van der Waals surface area contributed by atoms with E-state index in [1.54, 1.807) is 19.5 Å². The van der Waals surface area contributed by atoms with Crippen LogP contribution in [0.15, 0.2) is 36.7 Å². The maximum absolute atomic E-state index is 12.7. The van der Waals surface area contributed by atoms with Crippen LogP contribution in [-0.2, 0) is 11.2 Å². The smallest absolute Gasteiger partial charge is 0.274 e. The number of likely N-dealkylation sites (tertiary alicyclic amines) is 1. The van der Waals surface area contributed by atoms with Gasteiger partial charge in [-0.05, 0) is 32.3 Å². The fourth-order valence-corrected chi connectivity index (χ4v) is 3.51. The highest BCUT2D eigenvalue weighted by atomic mass is 16.5. The molecule has 1 saturated heterocycles. The molecular formula is C20H25N3O2. The lowest BCUT2D eigenvalue weighted by Crippen LogP contribution is -2.47. The maximum Gasteiger partial charge on any atom is 0.274 e. The summed E-state index contributed by atoms with van der Waals surface area (Å²) in [6.07, 6.45) is 5.13. The van der Waals surface area contributed by atoms with E-state index in [0.29, 0.717) is 18.8 Å². The Morgan fingerprint density at radius 2 is 2.12 bits per heavy atom. The lowest BCUT2D eigenvalue weighted by atomic mass is 9.88. The fourth-order valence-electron chi connectivity index (χ4n) is 3.51. The maximum atomic E-state index is 12.7. The van der Waals surface area contributed by atoms with E-state index in [0.717, 1.165) is 18.5 Å². The number of nitrogens with zero attached hydrogens (tertiary/aromatic N) is 3. The minimum absolute atomic E-state index is 0.0451. The molecule has 0 aliphatic carbocycles. The van der Waals surface area contributed by atoms with Crippen molar-refractivity contribution in [2.75, 3.05) is 20.2 Å². The van der Waals surface area contributed by atoms with Crippen molar-refractivity contribution in [2.24, 2.45) is 5.92 Å². The summed E-state index contributed by atoms with van der Waals surface area (Å²) in [7, 11) is 1.76. The van der Waals surface area contributed by atoms with Gasteiger partial charge >= 0.3 is 0 Å². The second-order valence-corrected chi connectivity index (χ2v) is 6.81. The molecule has 2 aromatic rings. The van der Waals surface area contributed by atoms with Crippen molar-refractivity contribution in [3.63, 3.8) is 0 Å². The molecule has 5 nitrogen and oxygen atoms in total. The molecule has 1 aromatic carbocycles. The molecule has 5 heteroatoms. The van der Waals surface area contributed by atoms with Crippen LogP contribution >= 0.6 is 0 Å². The summed E-state index contributed by atoms with van der Waals surface area (Å²) in [5.74, 6) is 0.235. The molecule has 2 atom stereocenters. The Hall–Kier alpha value is -2.27. The Kier molecular flexibility index (Phi) is 5.43. The summed E-state index contributed by atoms with van der Waals surface area (Å²) in [5.41, 5.74) is 3.77. The van der Waals surface area contributed by atoms with Crippen molar-refractivity contribution in [2.45, 2.75) is 32.8 Å². The topological polar surface area (TPSA) is 55.3 Å². The summed E-state index contributed by atoms with van der Waals surface area (Å²) in [6.45, 7) is 5.34. The van der Waals surface area contributed by atoms with E-state index < -0.39 is 0 Å². The Bertz CT molecular complexity index is 730. The number of aromatic nitrogens is 2. The first kappa shape index (κ1) is 17.5. The largest absolute Gasteiger partial charge is 0.381 e. The molecule has 0 spiro atoms. The van der Waals surface area contributed by atoms with E-state index in [-0.39, 0.29) is 17.9 Å². The number of rotatable bonds is 4. The van der Waals surface area contributed by atoms with Gasteiger partial charge in [0.25, 0.3) is 5.91 Å². The number of amides is 1. The van der Waals surface area contributed by atoms with Gasteiger partial charge in [-0.1, -0.05) is 29.8 Å². The highest BCUT2D eigenvalue weighted by Crippen LogP contribution is 2.25. The molecular weight excluding hydrogens is 314 g/mol. The number of methoxy groups -OCH3 is 1. The van der Waals surface area contributed by atoms with Crippen LogP contribution in [0.5, 0.6) is 0 Å². The van der Waals surface area contributed by atoms with Gasteiger partial charge in [-0.15, -0.1) is 0 Å². The Balaban J connectivity index is 1.73. The van der Waals surface area contributed by atoms with Crippen LogP contribution in [-0.4, -0.2) is 47.1 Å². The second kappa shape index (κ2) is 7.74. The molecule has 0 N–H and O–H groups in total. The van der Waals surface area contributed by atoms with E-state index in [2.05, 4.69) is 41.2 Å². The number of carbonyl (C=O) groups is 1. The van der Waals surface area contributed by atoms with E-state index >= 15 is 0 Å². The minimum atomic E-state index is -0.0451. The van der Waals surface area contributed by atoms with Crippen LogP contribution in [0.4, 0.5) is 0 Å². The molecule has 0 radical (unpaired) electrons. The second-order valence-electron chi connectivity index (χ2n) is 6.81. The van der Waals surface area contributed by atoms with Crippen LogP contribution in [0.1, 0.15) is 33.7 Å². The van der Waals surface area contributed by atoms with Crippen LogP contribution in [0.25, 0.3) is 0 Å². The first-order chi connectivity index (χ1) is 12.1. The first-order valence-corrected chi connectivity index (χ1v) is 8.73. The zero-order valence-corrected chi connectivity index (χ0v) is 15.1. The van der Waals surface area contributed by atoms with Crippen molar-refractivity contribution in [3.05, 3.63) is 59.2 Å². The molecule has 0 bridgehead atoms. The molecule has 1 fully saturated rings. The molecule has 3 rings (SSSR count). The van der Waals surface area contributed by atoms with Crippen LogP contribution < -0.4 is 0 Å². The fraction of sp³-hybridized carbons (Fsp3) is 0.450. The normalized spacial score (nSPS) is 20.5. The number of carbonyl (C=O) groups excluding carboxylic acids is 1. The van der Waals surface area contributed by atoms with Gasteiger partial charge in [0.15, 0.2) is 0 Å². The number of benzene rings is 1. The average Bonchev–Trinajstić information content (AvgIpc) is 2.62. The molecule has 1 aliphatic rings. The van der Waals surface area contributed by atoms with Gasteiger partial charge in [-0.25, -0.2) is 4.98 Å². The van der Waals surface area contributed by atoms with Crippen molar-refractivity contribution < 1.29 is 9.53 Å². The highest BCUT2D eigenvalue weighted by molar-refractivity contribution is 5.92. The molecule has 25 heavy (non-hydrogen) atoms. The number of hydrogen-bond donors (Lipinski definition) is 0. The number of ether oxygens (including phenoxy) is 1. The van der Waals surface area contributed by atoms with Gasteiger partial charge in [-0.3, -0.25) is 9.78 Å². The third-order valence-electron chi connectivity index (χ3n) is 4.83. The van der Waals surface area contributed by atoms with Gasteiger partial charge in [0.1, 0.15) is 5.69 Å². The third-order valence-corrected chi connectivity index (χ3v) is 4.83. The lowest BCUT2D eigenvalue weighted by molar-refractivity contribution is -0.00319. The minimum Gasteiger partial charge on any atom is -0.381 e. The highest BCUT2D eigenvalue weighted by Gasteiger charge is 2.32. The van der Waals surface area contributed by atoms with Gasteiger partial charge in [0.2, 0.25) is 0 Å². The van der Waals surface area contributed by atoms with Crippen LogP contribution in [0, 0.1) is 19.8 Å². The van der Waals surface area contributed by atoms with E-state index in [1.165, 1.54) is 11.1 Å². The SMILES string of the molecule is CO[C@@H]1CCN(C(=O)c2cnc(C)cn2)C[C@H]1Cc1cccc(C)c1. The van der Waals surface area contributed by atoms with E-state index in [1.807, 2.05) is 11.8 Å². The number of piperidine rings is 1.